The van der Waals surface area contributed by atoms with Gasteiger partial charge in [-0.05, 0) is 50.8 Å². The van der Waals surface area contributed by atoms with Crippen molar-refractivity contribution in [3.63, 3.8) is 0 Å². The SMILES string of the molecule is Nc1cc(Cl)c(C(F)(F)F)c(-c2nc3c4c(nc(OC[C@@]56CCCN5C[C@H](F)C6)nc4c2F)N2CCOCC2CC2(CCC2)O3)c1. The van der Waals surface area contributed by atoms with Crippen molar-refractivity contribution in [2.45, 2.75) is 74.5 Å². The second-order valence-corrected chi connectivity index (χ2v) is 13.6. The normalized spacial score (nSPS) is 27.1. The smallest absolute Gasteiger partial charge is 0.418 e. The molecule has 8 rings (SSSR count). The maximum Gasteiger partial charge on any atom is 0.418 e. The number of pyridine rings is 1. The first-order chi connectivity index (χ1) is 22.0. The maximum absolute atomic E-state index is 16.8. The van der Waals surface area contributed by atoms with Crippen LogP contribution < -0.4 is 20.1 Å². The van der Waals surface area contributed by atoms with Gasteiger partial charge < -0.3 is 24.8 Å². The van der Waals surface area contributed by atoms with E-state index in [2.05, 4.69) is 14.9 Å². The van der Waals surface area contributed by atoms with Crippen molar-refractivity contribution in [1.82, 2.24) is 19.9 Å². The Kier molecular flexibility index (Phi) is 6.97. The minimum Gasteiger partial charge on any atom is -0.470 e. The Labute approximate surface area is 266 Å². The van der Waals surface area contributed by atoms with Crippen LogP contribution in [0.4, 0.5) is 33.5 Å². The van der Waals surface area contributed by atoms with Gasteiger partial charge in [-0.1, -0.05) is 11.6 Å². The van der Waals surface area contributed by atoms with Crippen molar-refractivity contribution in [3.8, 4) is 23.1 Å². The van der Waals surface area contributed by atoms with Crippen molar-refractivity contribution in [2.24, 2.45) is 0 Å². The molecule has 9 nitrogen and oxygen atoms in total. The van der Waals surface area contributed by atoms with E-state index in [4.69, 9.17) is 36.5 Å². The molecule has 246 valence electrons. The molecule has 4 aliphatic heterocycles. The maximum atomic E-state index is 16.8. The highest BCUT2D eigenvalue weighted by Crippen LogP contribution is 2.50. The van der Waals surface area contributed by atoms with Gasteiger partial charge in [-0.2, -0.15) is 23.1 Å². The Morgan fingerprint density at radius 2 is 1.91 bits per heavy atom. The van der Waals surface area contributed by atoms with Crippen LogP contribution in [-0.2, 0) is 10.9 Å². The van der Waals surface area contributed by atoms with Gasteiger partial charge in [0.05, 0.1) is 35.4 Å². The van der Waals surface area contributed by atoms with Crippen LogP contribution in [0, 0.1) is 5.82 Å². The number of nitrogen functional groups attached to an aromatic ring is 1. The predicted octanol–water partition coefficient (Wildman–Crippen LogP) is 5.95. The lowest BCUT2D eigenvalue weighted by Gasteiger charge is -2.48. The van der Waals surface area contributed by atoms with Crippen molar-refractivity contribution in [1.29, 1.82) is 0 Å². The molecule has 1 aromatic carbocycles. The summed E-state index contributed by atoms with van der Waals surface area (Å²) in [5.74, 6) is -0.894. The van der Waals surface area contributed by atoms with E-state index in [0.717, 1.165) is 37.9 Å². The van der Waals surface area contributed by atoms with E-state index in [-0.39, 0.29) is 41.1 Å². The molecular weight excluding hydrogens is 635 g/mol. The van der Waals surface area contributed by atoms with Gasteiger partial charge in [0, 0.05) is 37.2 Å². The Hall–Kier alpha value is -3.23. The Morgan fingerprint density at radius 3 is 2.67 bits per heavy atom. The molecule has 6 heterocycles. The second kappa shape index (κ2) is 10.6. The average Bonchev–Trinajstić information content (AvgIpc) is 3.49. The first-order valence-corrected chi connectivity index (χ1v) is 16.0. The lowest BCUT2D eigenvalue weighted by atomic mass is 9.75. The van der Waals surface area contributed by atoms with Crippen LogP contribution in [0.1, 0.15) is 50.5 Å². The predicted molar refractivity (Wildman–Crippen MR) is 159 cm³/mol. The summed E-state index contributed by atoms with van der Waals surface area (Å²) in [6.45, 7) is 2.36. The van der Waals surface area contributed by atoms with E-state index in [0.29, 0.717) is 57.8 Å². The molecule has 3 atom stereocenters. The van der Waals surface area contributed by atoms with Crippen LogP contribution in [-0.4, -0.2) is 82.7 Å². The average molecular weight is 667 g/mol. The number of ether oxygens (including phenoxy) is 3. The molecule has 46 heavy (non-hydrogen) atoms. The zero-order valence-electron chi connectivity index (χ0n) is 24.8. The molecule has 0 radical (unpaired) electrons. The van der Waals surface area contributed by atoms with Gasteiger partial charge in [-0.25, -0.2) is 13.8 Å². The Morgan fingerprint density at radius 1 is 1.09 bits per heavy atom. The number of aromatic nitrogens is 3. The molecule has 1 saturated carbocycles. The number of hydrogen-bond acceptors (Lipinski definition) is 9. The van der Waals surface area contributed by atoms with E-state index >= 15 is 4.39 Å². The summed E-state index contributed by atoms with van der Waals surface area (Å²) in [7, 11) is 0. The molecule has 0 bridgehead atoms. The third kappa shape index (κ3) is 4.81. The summed E-state index contributed by atoms with van der Waals surface area (Å²) in [6, 6.07) is 1.64. The van der Waals surface area contributed by atoms with Crippen LogP contribution in [0.5, 0.6) is 11.9 Å². The van der Waals surface area contributed by atoms with Crippen molar-refractivity contribution in [3.05, 3.63) is 28.5 Å². The number of rotatable bonds is 4. The van der Waals surface area contributed by atoms with Gasteiger partial charge in [0.1, 0.15) is 40.8 Å². The Bertz CT molecular complexity index is 1720. The topological polar surface area (TPSA) is 98.9 Å². The molecule has 2 aromatic heterocycles. The largest absolute Gasteiger partial charge is 0.470 e. The van der Waals surface area contributed by atoms with Gasteiger partial charge in [0.2, 0.25) is 5.88 Å². The fourth-order valence-corrected chi connectivity index (χ4v) is 8.37. The highest BCUT2D eigenvalue weighted by Gasteiger charge is 2.50. The van der Waals surface area contributed by atoms with E-state index < -0.39 is 51.1 Å². The zero-order valence-corrected chi connectivity index (χ0v) is 25.6. The van der Waals surface area contributed by atoms with E-state index in [9.17, 15) is 17.6 Å². The number of hydrogen-bond donors (Lipinski definition) is 1. The van der Waals surface area contributed by atoms with Gasteiger partial charge in [-0.3, -0.25) is 4.90 Å². The summed E-state index contributed by atoms with van der Waals surface area (Å²) in [4.78, 5) is 17.7. The summed E-state index contributed by atoms with van der Waals surface area (Å²) in [5.41, 5.74) is 1.77. The molecule has 3 aromatic rings. The number of halogens is 6. The quantitative estimate of drug-likeness (QED) is 0.268. The van der Waals surface area contributed by atoms with E-state index in [1.165, 1.54) is 0 Å². The fraction of sp³-hybridized carbons (Fsp3) is 0.581. The molecule has 15 heteroatoms. The molecule has 5 aliphatic rings. The van der Waals surface area contributed by atoms with Gasteiger partial charge in [-0.15, -0.1) is 0 Å². The van der Waals surface area contributed by atoms with Crippen LogP contribution >= 0.6 is 11.6 Å². The molecule has 4 fully saturated rings. The van der Waals surface area contributed by atoms with Gasteiger partial charge in [0.25, 0.3) is 0 Å². The molecular formula is C31H32ClF5N6O3. The number of anilines is 2. The standard InChI is InChI=1S/C31H32ClF5N6O3/c32-20-10-17(38)9-19(22(20)31(35,36)37)24-23(34)25-21-26(41-28(40-25)45-15-29-3-2-6-42(29)13-16(33)11-29)43-7-8-44-14-18(43)12-30(4-1-5-30)46-27(21)39-24/h9-10,16,18H,1-8,11-15,38H2/t16-,18?,29+/m1/s1. The van der Waals surface area contributed by atoms with Gasteiger partial charge in [0.15, 0.2) is 5.82 Å². The second-order valence-electron chi connectivity index (χ2n) is 13.2. The summed E-state index contributed by atoms with van der Waals surface area (Å²) in [6.07, 6.45) is -1.17. The number of morpholine rings is 1. The number of nitrogens with zero attached hydrogens (tertiary/aromatic N) is 5. The molecule has 0 amide bonds. The van der Waals surface area contributed by atoms with Gasteiger partial charge >= 0.3 is 12.2 Å². The first-order valence-electron chi connectivity index (χ1n) is 15.6. The number of fused-ring (bicyclic) bond motifs is 3. The molecule has 1 spiro atoms. The third-order valence-corrected chi connectivity index (χ3v) is 10.6. The number of benzene rings is 1. The molecule has 2 N–H and O–H groups in total. The van der Waals surface area contributed by atoms with Crippen molar-refractivity contribution in [2.75, 3.05) is 50.1 Å². The summed E-state index contributed by atoms with van der Waals surface area (Å²) >= 11 is 6.06. The first kappa shape index (κ1) is 30.1. The summed E-state index contributed by atoms with van der Waals surface area (Å²) < 4.78 is 92.9. The highest BCUT2D eigenvalue weighted by atomic mass is 35.5. The van der Waals surface area contributed by atoms with Crippen LogP contribution in [0.15, 0.2) is 12.1 Å². The lowest BCUT2D eigenvalue weighted by Crippen LogP contribution is -2.55. The molecule has 1 unspecified atom stereocenters. The Balaban J connectivity index is 1.34. The minimum atomic E-state index is -4.95. The van der Waals surface area contributed by atoms with E-state index in [1.807, 2.05) is 4.90 Å². The van der Waals surface area contributed by atoms with Crippen LogP contribution in [0.2, 0.25) is 5.02 Å². The van der Waals surface area contributed by atoms with E-state index in [1.54, 1.807) is 0 Å². The summed E-state index contributed by atoms with van der Waals surface area (Å²) in [5, 5.41) is -0.546. The number of nitrogens with two attached hydrogens (primary N) is 1. The third-order valence-electron chi connectivity index (χ3n) is 10.3. The monoisotopic (exact) mass is 666 g/mol. The van der Waals surface area contributed by atoms with Crippen molar-refractivity contribution < 1.29 is 36.2 Å². The van der Waals surface area contributed by atoms with Crippen LogP contribution in [0.25, 0.3) is 22.2 Å². The minimum absolute atomic E-state index is 0.0686. The van der Waals surface area contributed by atoms with Crippen LogP contribution in [0.3, 0.4) is 0 Å². The highest BCUT2D eigenvalue weighted by molar-refractivity contribution is 6.32. The fourth-order valence-electron chi connectivity index (χ4n) is 8.03. The van der Waals surface area contributed by atoms with Crippen molar-refractivity contribution >= 4 is 34.0 Å². The lowest BCUT2D eigenvalue weighted by molar-refractivity contribution is -0.137. The molecule has 1 aliphatic carbocycles. The number of alkyl halides is 4. The zero-order chi connectivity index (χ0) is 32.0. The molecule has 3 saturated heterocycles.